The van der Waals surface area contributed by atoms with Crippen LogP contribution in [-0.4, -0.2) is 201 Å². The van der Waals surface area contributed by atoms with Crippen LogP contribution in [-0.2, 0) is 27.3 Å². The molecule has 2 aromatic heterocycles. The number of rotatable bonds is 21. The highest BCUT2D eigenvalue weighted by atomic mass is 35.5. The van der Waals surface area contributed by atoms with E-state index in [1.165, 1.54) is 0 Å². The van der Waals surface area contributed by atoms with Gasteiger partial charge in [0.05, 0.1) is 68.0 Å². The molecule has 0 bridgehead atoms. The van der Waals surface area contributed by atoms with Gasteiger partial charge in [0.15, 0.2) is 5.82 Å². The molecule has 85 heavy (non-hydrogen) atoms. The standard InChI is InChI=1S/C63H80ClN15O6/c1-5-52-61(82)73(3)54-39-67-62(70-59(54)79(52)45-14-6-7-15-45)68-50-21-20-44(38-55(50)83-4)60(81)66-25-36-84-37-35-75-31-29-74(30-32-75)27-11-19-56(80)78-34-33-77(40-46(78)22-24-65)58-48-23-28-76(53-18-9-13-43-12-8-17-49(64)57(43)53)41-51(48)69-63(71-58)85-42-47-16-10-26-72(47)2/h8-9,11-13,17-21,38-39,45-47,52H,5-7,10,14-16,22-23,25-37,40-42H2,1-4H3,(H,66,81)(H,67,68,70)/b19-11+/t46-,47-,52+/m0/s1. The maximum absolute atomic E-state index is 13.9. The number of hydrogen-bond donors (Lipinski definition) is 2. The maximum atomic E-state index is 13.9. The van der Waals surface area contributed by atoms with Crippen molar-refractivity contribution < 1.29 is 28.6 Å². The molecule has 1 aliphatic carbocycles. The molecule has 4 fully saturated rings. The summed E-state index contributed by atoms with van der Waals surface area (Å²) in [5.41, 5.74) is 4.83. The molecular weight excluding hydrogens is 1100 g/mol. The van der Waals surface area contributed by atoms with Gasteiger partial charge in [0.1, 0.15) is 29.9 Å². The quantitative estimate of drug-likeness (QED) is 0.0566. The highest BCUT2D eigenvalue weighted by molar-refractivity contribution is 6.36. The number of halogens is 1. The summed E-state index contributed by atoms with van der Waals surface area (Å²) < 4.78 is 18.1. The van der Waals surface area contributed by atoms with Crippen molar-refractivity contribution in [3.63, 3.8) is 0 Å². The molecule has 5 aliphatic heterocycles. The number of likely N-dealkylation sites (tertiary alicyclic amines) is 1. The summed E-state index contributed by atoms with van der Waals surface area (Å²) >= 11 is 6.81. The van der Waals surface area contributed by atoms with Gasteiger partial charge in [-0.25, -0.2) is 4.98 Å². The Labute approximate surface area is 503 Å². The van der Waals surface area contributed by atoms with Gasteiger partial charge in [-0.1, -0.05) is 61.7 Å². The minimum absolute atomic E-state index is 0.0633. The summed E-state index contributed by atoms with van der Waals surface area (Å²) in [6.07, 6.45) is 13.5. The van der Waals surface area contributed by atoms with Gasteiger partial charge >= 0.3 is 6.01 Å². The first-order valence-electron chi connectivity index (χ1n) is 30.4. The Bertz CT molecular complexity index is 3270. The van der Waals surface area contributed by atoms with Crippen LogP contribution in [0.2, 0.25) is 5.02 Å². The number of methoxy groups -OCH3 is 1. The van der Waals surface area contributed by atoms with Crippen LogP contribution in [0.15, 0.2) is 72.9 Å². The SMILES string of the molecule is CC[C@@H]1C(=O)N(C)c2cnc(Nc3ccc(C(=O)NCCOCCN4CCN(C/C=C/C(=O)N5CCN(c6nc(OC[C@@H]7CCCN7C)nc7c6CCN(c6cccc8cccc(Cl)c68)C7)C[C@@H]5CC#N)CC4)cc3OC)nc2N1C1CCCC1. The van der Waals surface area contributed by atoms with E-state index in [1.54, 1.807) is 49.5 Å². The number of nitriles is 1. The molecule has 3 atom stereocenters. The highest BCUT2D eigenvalue weighted by Gasteiger charge is 2.42. The summed E-state index contributed by atoms with van der Waals surface area (Å²) in [7, 11) is 5.48. The molecule has 11 rings (SSSR count). The number of likely N-dealkylation sites (N-methyl/N-ethyl adjacent to an activating group) is 2. The average Bonchev–Trinajstić information content (AvgIpc) is 3.69. The molecule has 3 amide bonds. The molecule has 0 spiro atoms. The topological polar surface area (TPSA) is 204 Å². The highest BCUT2D eigenvalue weighted by Crippen LogP contribution is 2.42. The number of nitrogens with zero attached hydrogens (tertiary/aromatic N) is 13. The Morgan fingerprint density at radius 2 is 1.68 bits per heavy atom. The normalized spacial score (nSPS) is 20.7. The number of aromatic nitrogens is 4. The third-order valence-corrected chi connectivity index (χ3v) is 18.3. The van der Waals surface area contributed by atoms with Crippen molar-refractivity contribution in [3.05, 3.63) is 94.8 Å². The molecule has 3 saturated heterocycles. The second-order valence-electron chi connectivity index (χ2n) is 23.1. The van der Waals surface area contributed by atoms with E-state index < -0.39 is 0 Å². The molecule has 3 aromatic carbocycles. The van der Waals surface area contributed by atoms with Crippen LogP contribution in [0.4, 0.5) is 34.6 Å². The Morgan fingerprint density at radius 3 is 2.46 bits per heavy atom. The van der Waals surface area contributed by atoms with Gasteiger partial charge in [-0.3, -0.25) is 24.2 Å². The fraction of sp³-hybridized carbons (Fsp3) is 0.524. The molecular formula is C63H80ClN15O6. The summed E-state index contributed by atoms with van der Waals surface area (Å²) in [6, 6.07) is 20.2. The number of nitrogens with one attached hydrogen (secondary N) is 2. The number of benzene rings is 3. The predicted molar refractivity (Wildman–Crippen MR) is 331 cm³/mol. The first-order valence-corrected chi connectivity index (χ1v) is 30.8. The number of piperazine rings is 2. The molecule has 0 unspecified atom stereocenters. The number of anilines is 6. The third kappa shape index (κ3) is 13.4. The summed E-state index contributed by atoms with van der Waals surface area (Å²) in [5.74, 6) is 2.17. The van der Waals surface area contributed by atoms with Crippen LogP contribution >= 0.6 is 11.6 Å². The van der Waals surface area contributed by atoms with E-state index in [4.69, 9.17) is 40.8 Å². The lowest BCUT2D eigenvalue weighted by Crippen LogP contribution is -2.55. The molecule has 2 N–H and O–H groups in total. The molecule has 21 nitrogen and oxygen atoms in total. The molecule has 0 radical (unpaired) electrons. The van der Waals surface area contributed by atoms with Gasteiger partial charge in [0.25, 0.3) is 5.91 Å². The Hall–Kier alpha value is -7.35. The lowest BCUT2D eigenvalue weighted by atomic mass is 10.0. The Morgan fingerprint density at radius 1 is 0.871 bits per heavy atom. The third-order valence-electron chi connectivity index (χ3n) is 18.0. The molecule has 450 valence electrons. The number of hydrogen-bond acceptors (Lipinski definition) is 18. The minimum atomic E-state index is -0.313. The van der Waals surface area contributed by atoms with Crippen molar-refractivity contribution in [1.82, 2.24) is 44.9 Å². The van der Waals surface area contributed by atoms with E-state index in [-0.39, 0.29) is 42.3 Å². The number of carbonyl (C=O) groups is 3. The van der Waals surface area contributed by atoms with Crippen molar-refractivity contribution >= 4 is 74.7 Å². The first-order chi connectivity index (χ1) is 41.5. The smallest absolute Gasteiger partial charge is 0.318 e. The van der Waals surface area contributed by atoms with E-state index in [9.17, 15) is 19.6 Å². The number of ether oxygens (including phenoxy) is 3. The van der Waals surface area contributed by atoms with Gasteiger partial charge in [-0.05, 0) is 87.8 Å². The van der Waals surface area contributed by atoms with Crippen molar-refractivity contribution in [2.45, 2.75) is 95.4 Å². The van der Waals surface area contributed by atoms with Crippen molar-refractivity contribution in [2.75, 3.05) is 144 Å². The number of amides is 3. The largest absolute Gasteiger partial charge is 0.495 e. The van der Waals surface area contributed by atoms with Crippen molar-refractivity contribution in [2.24, 2.45) is 0 Å². The Balaban J connectivity index is 0.620. The zero-order valence-electron chi connectivity index (χ0n) is 49.6. The van der Waals surface area contributed by atoms with E-state index >= 15 is 0 Å². The van der Waals surface area contributed by atoms with E-state index in [0.29, 0.717) is 106 Å². The molecule has 7 heterocycles. The van der Waals surface area contributed by atoms with Crippen LogP contribution in [0, 0.1) is 11.3 Å². The first kappa shape index (κ1) is 59.4. The summed E-state index contributed by atoms with van der Waals surface area (Å²) in [5, 5.41) is 19.1. The fourth-order valence-electron chi connectivity index (χ4n) is 13.2. The minimum Gasteiger partial charge on any atom is -0.495 e. The number of carbonyl (C=O) groups excluding carboxylic acids is 3. The molecule has 22 heteroatoms. The van der Waals surface area contributed by atoms with Crippen LogP contribution in [0.1, 0.15) is 79.9 Å². The second kappa shape index (κ2) is 27.3. The average molecular weight is 1180 g/mol. The summed E-state index contributed by atoms with van der Waals surface area (Å²) in [6.45, 7) is 12.6. The van der Waals surface area contributed by atoms with Crippen LogP contribution < -0.4 is 39.7 Å². The van der Waals surface area contributed by atoms with Crippen LogP contribution in [0.25, 0.3) is 10.8 Å². The van der Waals surface area contributed by atoms with Gasteiger partial charge in [0, 0.05) is 119 Å². The predicted octanol–water partition coefficient (Wildman–Crippen LogP) is 6.92. The van der Waals surface area contributed by atoms with E-state index in [2.05, 4.69) is 82.4 Å². The second-order valence-corrected chi connectivity index (χ2v) is 23.6. The number of fused-ring (bicyclic) bond motifs is 3. The van der Waals surface area contributed by atoms with Crippen molar-refractivity contribution in [1.29, 1.82) is 5.26 Å². The van der Waals surface area contributed by atoms with Crippen LogP contribution in [0.3, 0.4) is 0 Å². The monoisotopic (exact) mass is 1180 g/mol. The van der Waals surface area contributed by atoms with Gasteiger partial charge in [-0.15, -0.1) is 0 Å². The molecule has 1 saturated carbocycles. The lowest BCUT2D eigenvalue weighted by molar-refractivity contribution is -0.128. The van der Waals surface area contributed by atoms with Gasteiger partial charge < -0.3 is 54.2 Å². The zero-order valence-corrected chi connectivity index (χ0v) is 50.3. The van der Waals surface area contributed by atoms with Crippen molar-refractivity contribution in [3.8, 4) is 17.8 Å². The Kier molecular flexibility index (Phi) is 19.1. The maximum Gasteiger partial charge on any atom is 0.318 e. The molecule has 5 aromatic rings. The van der Waals surface area contributed by atoms with Gasteiger partial charge in [0.2, 0.25) is 17.8 Å². The van der Waals surface area contributed by atoms with E-state index in [0.717, 1.165) is 135 Å². The zero-order chi connectivity index (χ0) is 59.0. The molecule has 6 aliphatic rings. The lowest BCUT2D eigenvalue weighted by Gasteiger charge is -2.43. The van der Waals surface area contributed by atoms with Crippen LogP contribution in [0.5, 0.6) is 11.8 Å². The van der Waals surface area contributed by atoms with Gasteiger partial charge in [-0.2, -0.15) is 20.2 Å². The fourth-order valence-corrected chi connectivity index (χ4v) is 13.4. The summed E-state index contributed by atoms with van der Waals surface area (Å²) in [4.78, 5) is 77.5. The van der Waals surface area contributed by atoms with E-state index in [1.807, 2.05) is 30.0 Å².